The first-order valence-corrected chi connectivity index (χ1v) is 54.5. The maximum absolute atomic E-state index is 8.58. The molecule has 1 saturated heterocycles. The summed E-state index contributed by atoms with van der Waals surface area (Å²) < 4.78 is 23.1. The molecule has 0 atom stereocenters. The second kappa shape index (κ2) is 45.4. The molecule has 2 N–H and O–H groups in total. The topological polar surface area (TPSA) is 58.9 Å². The van der Waals surface area contributed by atoms with Crippen LogP contribution in [0.1, 0.15) is 97.9 Å². The summed E-state index contributed by atoms with van der Waals surface area (Å²) in [6.45, 7) is 8.36. The first-order valence-electron chi connectivity index (χ1n) is 47.3. The zero-order valence-electron chi connectivity index (χ0n) is 77.6. The van der Waals surface area contributed by atoms with Crippen molar-refractivity contribution in [3.8, 4) is 44.5 Å². The summed E-state index contributed by atoms with van der Waals surface area (Å²) in [7, 11) is -1.72. The molecular formula is C124H101B2Br9O4. The summed E-state index contributed by atoms with van der Waals surface area (Å²) in [6, 6.07) is 133. The Labute approximate surface area is 892 Å². The van der Waals surface area contributed by atoms with Gasteiger partial charge in [-0.05, 0) is 370 Å². The van der Waals surface area contributed by atoms with E-state index in [1.807, 2.05) is 78.9 Å². The fraction of sp³-hybridized carbons (Fsp3) is 0.145. The van der Waals surface area contributed by atoms with E-state index in [1.54, 1.807) is 90.3 Å². The first kappa shape index (κ1) is 99.6. The van der Waals surface area contributed by atoms with Crippen molar-refractivity contribution in [3.63, 3.8) is 0 Å². The van der Waals surface area contributed by atoms with Gasteiger partial charge in [-0.2, -0.15) is 0 Å². The molecule has 0 bridgehead atoms. The van der Waals surface area contributed by atoms with Gasteiger partial charge >= 0.3 is 14.2 Å². The Hall–Kier alpha value is -9.49. The van der Waals surface area contributed by atoms with Crippen molar-refractivity contribution in [2.75, 3.05) is 0 Å². The molecule has 4 nitrogen and oxygen atoms in total. The Morgan fingerprint density at radius 3 is 0.849 bits per heavy atom. The third-order valence-electron chi connectivity index (χ3n) is 27.1. The van der Waals surface area contributed by atoms with Gasteiger partial charge in [0.15, 0.2) is 0 Å². The molecule has 690 valence electrons. The van der Waals surface area contributed by atoms with Gasteiger partial charge in [-0.15, -0.1) is 0 Å². The monoisotopic (exact) mass is 2390 g/mol. The van der Waals surface area contributed by atoms with Crippen LogP contribution in [0.2, 0.25) is 0 Å². The highest BCUT2D eigenvalue weighted by Crippen LogP contribution is 2.47. The molecule has 21 aromatic rings. The van der Waals surface area contributed by atoms with Crippen LogP contribution >= 0.6 is 143 Å². The van der Waals surface area contributed by atoms with Crippen LogP contribution in [0.3, 0.4) is 0 Å². The minimum absolute atomic E-state index is 0.354. The lowest BCUT2D eigenvalue weighted by Gasteiger charge is -2.32. The van der Waals surface area contributed by atoms with Crippen LogP contribution in [-0.2, 0) is 60.7 Å². The van der Waals surface area contributed by atoms with Crippen molar-refractivity contribution < 1.29 is 19.4 Å². The minimum Gasteiger partial charge on any atom is -0.423 e. The minimum atomic E-state index is -1.34. The third-order valence-corrected chi connectivity index (χ3v) is 32.2. The SMILES string of the molecule is Brc1cc(-c2ccccc2)cc(-c2ccccc2)c1.Brc1cc(Br)cc(Br)c1.Brc1cc2c3c(c(Br)cc4c3c1CCC4)CCC2.Brc1cc2cccc3c(Br)cc4cccc1c4c23.Brc1ccccc1.CC1(C)OB(c2cc(-c3ccccc3)cc(-c3ccccc3)c2)OC1(C)C.OB(O)c1ccccc1.c1cc2c3c(ccc4c3c1CCC4)CCC2.c1cc2ccc3cccc4ccc(c1)c2c34. The molecule has 5 aliphatic rings. The molecule has 0 spiro atoms. The second-order valence-electron chi connectivity index (χ2n) is 36.8. The summed E-state index contributed by atoms with van der Waals surface area (Å²) >= 11 is 31.9. The van der Waals surface area contributed by atoms with Gasteiger partial charge in [0.25, 0.3) is 0 Å². The average Bonchev–Trinajstić information content (AvgIpc) is 1.47. The lowest BCUT2D eigenvalue weighted by Crippen LogP contribution is -2.41. The van der Waals surface area contributed by atoms with Gasteiger partial charge in [0, 0.05) is 40.3 Å². The van der Waals surface area contributed by atoms with Crippen molar-refractivity contribution in [1.82, 2.24) is 0 Å². The van der Waals surface area contributed by atoms with Gasteiger partial charge in [0.1, 0.15) is 0 Å². The molecule has 0 radical (unpaired) electrons. The molecule has 15 heteroatoms. The van der Waals surface area contributed by atoms with E-state index in [1.165, 1.54) is 195 Å². The summed E-state index contributed by atoms with van der Waals surface area (Å²) in [5, 5.41) is 39.5. The van der Waals surface area contributed by atoms with Crippen molar-refractivity contribution in [1.29, 1.82) is 0 Å². The number of halogens is 9. The Morgan fingerprint density at radius 1 is 0.230 bits per heavy atom. The summed E-state index contributed by atoms with van der Waals surface area (Å²) in [5.74, 6) is 0. The lowest BCUT2D eigenvalue weighted by atomic mass is 9.76. The third kappa shape index (κ3) is 23.2. The fourth-order valence-electron chi connectivity index (χ4n) is 19.8. The average molecular weight is 2400 g/mol. The van der Waals surface area contributed by atoms with Gasteiger partial charge in [0.05, 0.1) is 11.2 Å². The maximum Gasteiger partial charge on any atom is 0.494 e. The quantitative estimate of drug-likeness (QED) is 0.129. The van der Waals surface area contributed by atoms with E-state index >= 15 is 0 Å². The van der Waals surface area contributed by atoms with Crippen molar-refractivity contribution in [3.05, 3.63) is 467 Å². The molecule has 139 heavy (non-hydrogen) atoms. The predicted molar refractivity (Wildman–Crippen MR) is 625 cm³/mol. The predicted octanol–water partition coefficient (Wildman–Crippen LogP) is 36.7. The zero-order valence-corrected chi connectivity index (χ0v) is 91.9. The second-order valence-corrected chi connectivity index (χ2v) is 44.8. The maximum atomic E-state index is 8.58. The molecular weight excluding hydrogens is 2290 g/mol. The van der Waals surface area contributed by atoms with Crippen LogP contribution in [0, 0.1) is 0 Å². The van der Waals surface area contributed by atoms with Crippen LogP contribution < -0.4 is 10.9 Å². The zero-order chi connectivity index (χ0) is 96.4. The van der Waals surface area contributed by atoms with E-state index in [4.69, 9.17) is 19.4 Å². The van der Waals surface area contributed by atoms with Crippen LogP contribution in [0.25, 0.3) is 131 Å². The van der Waals surface area contributed by atoms with E-state index in [9.17, 15) is 0 Å². The highest BCUT2D eigenvalue weighted by atomic mass is 79.9. The largest absolute Gasteiger partial charge is 0.494 e. The number of hydrogen-bond acceptors (Lipinski definition) is 4. The van der Waals surface area contributed by atoms with Gasteiger partial charge in [-0.1, -0.05) is 447 Å². The molecule has 0 aromatic heterocycles. The Balaban J connectivity index is 0.000000106. The molecule has 0 unspecified atom stereocenters. The fourth-order valence-corrected chi connectivity index (χ4v) is 25.5. The van der Waals surface area contributed by atoms with Crippen LogP contribution in [-0.4, -0.2) is 35.5 Å². The number of hydrogen-bond donors (Lipinski definition) is 2. The van der Waals surface area contributed by atoms with Gasteiger partial charge < -0.3 is 19.4 Å². The number of aryl methyl sites for hydroxylation is 8. The van der Waals surface area contributed by atoms with Gasteiger partial charge in [-0.3, -0.25) is 0 Å². The molecule has 4 aliphatic carbocycles. The summed E-state index contributed by atoms with van der Waals surface area (Å²) in [4.78, 5) is 0. The Bertz CT molecular complexity index is 7360. The van der Waals surface area contributed by atoms with Crippen molar-refractivity contribution >= 4 is 255 Å². The highest BCUT2D eigenvalue weighted by Gasteiger charge is 2.52. The highest BCUT2D eigenvalue weighted by molar-refractivity contribution is 9.12. The normalized spacial score (nSPS) is 13.7. The molecule has 21 aromatic carbocycles. The van der Waals surface area contributed by atoms with Gasteiger partial charge in [0.2, 0.25) is 0 Å². The molecule has 1 fully saturated rings. The van der Waals surface area contributed by atoms with Crippen LogP contribution in [0.5, 0.6) is 0 Å². The number of benzene rings is 21. The molecule has 0 amide bonds. The summed E-state index contributed by atoms with van der Waals surface area (Å²) in [5.41, 5.74) is 23.1. The molecule has 0 saturated carbocycles. The Morgan fingerprint density at radius 2 is 0.525 bits per heavy atom. The van der Waals surface area contributed by atoms with Gasteiger partial charge in [-0.25, -0.2) is 0 Å². The first-order chi connectivity index (χ1) is 67.4. The van der Waals surface area contributed by atoms with E-state index in [-0.39, 0.29) is 18.3 Å². The van der Waals surface area contributed by atoms with Crippen molar-refractivity contribution in [2.24, 2.45) is 0 Å². The molecule has 26 rings (SSSR count). The van der Waals surface area contributed by atoms with Crippen LogP contribution in [0.15, 0.2) is 422 Å². The summed E-state index contributed by atoms with van der Waals surface area (Å²) in [6.07, 6.45) is 15.3. The van der Waals surface area contributed by atoms with E-state index in [2.05, 4.69) is 450 Å². The number of rotatable bonds is 6. The standard InChI is InChI=1S/C24H25BO2.C18H13Br.C16H14Br2.C16H8Br2.C16H16.C16H10.C6H7BO2.C6H3Br3.C6H5Br/c1-23(2)24(3,4)27-25(26-23)22-16-20(18-11-7-5-8-12-18)15-21(17-22)19-13-9-6-10-14-19;19-18-12-16(14-7-3-1-4-8-14)11-17(13-18)15-9-5-2-6-10-15;2*17-13-8-10-4-2-6-12-14(18)7-9-3-1-5-11(13)15(9)16(10)12;2*1-3-11-7-9-13-5-2-6-14-10-8-12(4-1)15(11)16(13)14;8-7(9)6-4-2-1-3-5-6;7-4-1-5(8)3-6(9)2-4;7-6-4-2-1-3-5-6/h5-17H,1-4H3;1-13H;7-8H,1-6H2;1-8H;7-10H,1-6H2;1-10H;1-5,8-9H;1-3H;1-5H. The van der Waals surface area contributed by atoms with E-state index < -0.39 is 7.12 Å². The van der Waals surface area contributed by atoms with E-state index in [0.717, 1.165) is 36.8 Å². The smallest absolute Gasteiger partial charge is 0.423 e. The van der Waals surface area contributed by atoms with Crippen molar-refractivity contribution in [2.45, 2.75) is 116 Å². The lowest BCUT2D eigenvalue weighted by molar-refractivity contribution is 0.00578. The molecule has 1 aliphatic heterocycles. The molecule has 1 heterocycles. The Kier molecular flexibility index (Phi) is 32.6. The van der Waals surface area contributed by atoms with E-state index in [0.29, 0.717) is 5.46 Å². The van der Waals surface area contributed by atoms with Crippen LogP contribution in [0.4, 0.5) is 0 Å².